The van der Waals surface area contributed by atoms with Crippen LogP contribution in [0.3, 0.4) is 0 Å². The van der Waals surface area contributed by atoms with E-state index in [1.807, 2.05) is 12.1 Å². The number of rotatable bonds is 6. The summed E-state index contributed by atoms with van der Waals surface area (Å²) in [5, 5.41) is 11.9. The summed E-state index contributed by atoms with van der Waals surface area (Å²) in [7, 11) is 0. The zero-order valence-electron chi connectivity index (χ0n) is 9.86. The normalized spacial score (nSPS) is 10.1. The highest BCUT2D eigenvalue weighted by Crippen LogP contribution is 2.07. The van der Waals surface area contributed by atoms with Gasteiger partial charge in [-0.05, 0) is 30.2 Å². The molecular formula is C13H18N2O. The molecule has 0 saturated carbocycles. The van der Waals surface area contributed by atoms with Crippen LogP contribution in [0.4, 0.5) is 5.69 Å². The number of nitriles is 1. The number of anilines is 1. The minimum atomic E-state index is 0.579. The molecule has 3 nitrogen and oxygen atoms in total. The summed E-state index contributed by atoms with van der Waals surface area (Å²) in [5.41, 5.74) is 1.70. The van der Waals surface area contributed by atoms with Gasteiger partial charge < -0.3 is 10.1 Å². The van der Waals surface area contributed by atoms with Crippen molar-refractivity contribution in [1.29, 1.82) is 5.26 Å². The van der Waals surface area contributed by atoms with Crippen LogP contribution in [-0.4, -0.2) is 19.8 Å². The fourth-order valence-corrected chi connectivity index (χ4v) is 1.25. The molecule has 0 aliphatic carbocycles. The molecule has 0 aromatic heterocycles. The summed E-state index contributed by atoms with van der Waals surface area (Å²) in [4.78, 5) is 0. The van der Waals surface area contributed by atoms with Crippen LogP contribution in [0.5, 0.6) is 0 Å². The highest BCUT2D eigenvalue weighted by atomic mass is 16.5. The van der Waals surface area contributed by atoms with Gasteiger partial charge in [-0.25, -0.2) is 0 Å². The van der Waals surface area contributed by atoms with Gasteiger partial charge in [0.25, 0.3) is 0 Å². The predicted octanol–water partition coefficient (Wildman–Crippen LogP) is 2.64. The predicted molar refractivity (Wildman–Crippen MR) is 65.3 cm³/mol. The number of nitrogens with zero attached hydrogens (tertiary/aromatic N) is 1. The van der Waals surface area contributed by atoms with Crippen molar-refractivity contribution in [3.05, 3.63) is 29.8 Å². The third-order valence-electron chi connectivity index (χ3n) is 2.04. The van der Waals surface area contributed by atoms with Crippen LogP contribution in [-0.2, 0) is 4.74 Å². The quantitative estimate of drug-likeness (QED) is 0.746. The summed E-state index contributed by atoms with van der Waals surface area (Å²) >= 11 is 0. The van der Waals surface area contributed by atoms with Crippen LogP contribution in [0.1, 0.15) is 19.4 Å². The molecule has 0 fully saturated rings. The van der Waals surface area contributed by atoms with E-state index in [0.717, 1.165) is 18.8 Å². The molecule has 86 valence electrons. The second kappa shape index (κ2) is 6.86. The topological polar surface area (TPSA) is 45.0 Å². The summed E-state index contributed by atoms with van der Waals surface area (Å²) in [6, 6.07) is 9.50. The molecule has 1 aromatic carbocycles. The summed E-state index contributed by atoms with van der Waals surface area (Å²) in [6.07, 6.45) is 0. The van der Waals surface area contributed by atoms with Gasteiger partial charge in [0.15, 0.2) is 0 Å². The maximum atomic E-state index is 8.64. The Labute approximate surface area is 97.0 Å². The molecule has 0 radical (unpaired) electrons. The van der Waals surface area contributed by atoms with Crippen molar-refractivity contribution in [2.24, 2.45) is 5.92 Å². The first-order valence-corrected chi connectivity index (χ1v) is 5.54. The molecule has 1 N–H and O–H groups in total. The average molecular weight is 218 g/mol. The molecule has 0 spiro atoms. The van der Waals surface area contributed by atoms with Crippen LogP contribution in [0.25, 0.3) is 0 Å². The number of hydrogen-bond acceptors (Lipinski definition) is 3. The first kappa shape index (κ1) is 12.5. The molecule has 0 saturated heterocycles. The van der Waals surface area contributed by atoms with Crippen molar-refractivity contribution in [2.75, 3.05) is 25.1 Å². The highest BCUT2D eigenvalue weighted by Gasteiger charge is 1.95. The van der Waals surface area contributed by atoms with Crippen LogP contribution >= 0.6 is 0 Å². The lowest BCUT2D eigenvalue weighted by atomic mass is 10.2. The van der Waals surface area contributed by atoms with Gasteiger partial charge in [-0.1, -0.05) is 13.8 Å². The zero-order chi connectivity index (χ0) is 11.8. The molecule has 1 rings (SSSR count). The minimum absolute atomic E-state index is 0.579. The lowest BCUT2D eigenvalue weighted by Crippen LogP contribution is -2.12. The number of nitrogens with one attached hydrogen (secondary N) is 1. The fraction of sp³-hybridized carbons (Fsp3) is 0.462. The van der Waals surface area contributed by atoms with Crippen LogP contribution < -0.4 is 5.32 Å². The molecule has 1 aromatic rings. The SMILES string of the molecule is CC(C)COCCNc1ccc(C#N)cc1. The van der Waals surface area contributed by atoms with Crippen LogP contribution in [0.15, 0.2) is 24.3 Å². The van der Waals surface area contributed by atoms with E-state index in [4.69, 9.17) is 10.00 Å². The number of benzene rings is 1. The van der Waals surface area contributed by atoms with Gasteiger partial charge in [0.05, 0.1) is 18.2 Å². The van der Waals surface area contributed by atoms with Gasteiger partial charge in [-0.2, -0.15) is 5.26 Å². The molecule has 0 unspecified atom stereocenters. The first-order chi connectivity index (χ1) is 7.72. The fourth-order valence-electron chi connectivity index (χ4n) is 1.25. The second-order valence-electron chi connectivity index (χ2n) is 4.08. The van der Waals surface area contributed by atoms with E-state index < -0.39 is 0 Å². The van der Waals surface area contributed by atoms with Gasteiger partial charge in [-0.15, -0.1) is 0 Å². The lowest BCUT2D eigenvalue weighted by molar-refractivity contribution is 0.118. The van der Waals surface area contributed by atoms with Gasteiger partial charge in [0.1, 0.15) is 0 Å². The molecule has 0 heterocycles. The maximum Gasteiger partial charge on any atom is 0.0991 e. The summed E-state index contributed by atoms with van der Waals surface area (Å²) < 4.78 is 5.45. The second-order valence-corrected chi connectivity index (χ2v) is 4.08. The average Bonchev–Trinajstić information content (AvgIpc) is 2.29. The number of ether oxygens (including phenoxy) is 1. The zero-order valence-corrected chi connectivity index (χ0v) is 9.86. The largest absolute Gasteiger partial charge is 0.383 e. The Morgan fingerprint density at radius 3 is 2.56 bits per heavy atom. The van der Waals surface area contributed by atoms with E-state index >= 15 is 0 Å². The van der Waals surface area contributed by atoms with Crippen molar-refractivity contribution in [1.82, 2.24) is 0 Å². The van der Waals surface area contributed by atoms with Crippen molar-refractivity contribution in [3.63, 3.8) is 0 Å². The molecule has 0 bridgehead atoms. The third-order valence-corrected chi connectivity index (χ3v) is 2.04. The van der Waals surface area contributed by atoms with Crippen LogP contribution in [0, 0.1) is 17.2 Å². The Bertz CT molecular complexity index is 338. The monoisotopic (exact) mass is 218 g/mol. The standard InChI is InChI=1S/C13H18N2O/c1-11(2)10-16-8-7-15-13-5-3-12(9-14)4-6-13/h3-6,11,15H,7-8,10H2,1-2H3. The molecule has 3 heteroatoms. The smallest absolute Gasteiger partial charge is 0.0991 e. The molecule has 0 atom stereocenters. The van der Waals surface area contributed by atoms with Gasteiger partial charge in [0, 0.05) is 18.8 Å². The van der Waals surface area contributed by atoms with E-state index in [-0.39, 0.29) is 0 Å². The Morgan fingerprint density at radius 2 is 2.00 bits per heavy atom. The van der Waals surface area contributed by atoms with Crippen molar-refractivity contribution in [3.8, 4) is 6.07 Å². The van der Waals surface area contributed by atoms with Gasteiger partial charge in [-0.3, -0.25) is 0 Å². The van der Waals surface area contributed by atoms with Crippen molar-refractivity contribution >= 4 is 5.69 Å². The van der Waals surface area contributed by atoms with E-state index in [1.165, 1.54) is 0 Å². The van der Waals surface area contributed by atoms with E-state index in [1.54, 1.807) is 12.1 Å². The molecule has 0 aliphatic heterocycles. The van der Waals surface area contributed by atoms with Crippen LogP contribution in [0.2, 0.25) is 0 Å². The van der Waals surface area contributed by atoms with Gasteiger partial charge in [0.2, 0.25) is 0 Å². The number of hydrogen-bond donors (Lipinski definition) is 1. The van der Waals surface area contributed by atoms with Crippen molar-refractivity contribution < 1.29 is 4.74 Å². The highest BCUT2D eigenvalue weighted by molar-refractivity contribution is 5.46. The molecule has 0 aliphatic rings. The summed E-state index contributed by atoms with van der Waals surface area (Å²) in [5.74, 6) is 0.579. The Hall–Kier alpha value is -1.53. The van der Waals surface area contributed by atoms with E-state index in [9.17, 15) is 0 Å². The Kier molecular flexibility index (Phi) is 5.38. The Morgan fingerprint density at radius 1 is 1.31 bits per heavy atom. The van der Waals surface area contributed by atoms with E-state index in [2.05, 4.69) is 25.2 Å². The molecular weight excluding hydrogens is 200 g/mol. The molecule has 0 amide bonds. The lowest BCUT2D eigenvalue weighted by Gasteiger charge is -2.08. The van der Waals surface area contributed by atoms with Crippen molar-refractivity contribution in [2.45, 2.75) is 13.8 Å². The third kappa shape index (κ3) is 4.81. The maximum absolute atomic E-state index is 8.64. The first-order valence-electron chi connectivity index (χ1n) is 5.54. The van der Waals surface area contributed by atoms with E-state index in [0.29, 0.717) is 18.1 Å². The minimum Gasteiger partial charge on any atom is -0.383 e. The summed E-state index contributed by atoms with van der Waals surface area (Å²) in [6.45, 7) is 6.56. The molecule has 16 heavy (non-hydrogen) atoms. The Balaban J connectivity index is 2.20. The van der Waals surface area contributed by atoms with Gasteiger partial charge >= 0.3 is 0 Å².